The van der Waals surface area contributed by atoms with E-state index in [1.54, 1.807) is 24.6 Å². The van der Waals surface area contributed by atoms with Crippen LogP contribution in [0.3, 0.4) is 0 Å². The summed E-state index contributed by atoms with van der Waals surface area (Å²) in [5.41, 5.74) is 3.89. The van der Waals surface area contributed by atoms with Crippen LogP contribution in [0.4, 0.5) is 0 Å². The van der Waals surface area contributed by atoms with Crippen LogP contribution >= 0.6 is 11.3 Å². The predicted octanol–water partition coefficient (Wildman–Crippen LogP) is 2.63. The van der Waals surface area contributed by atoms with Crippen LogP contribution in [0.25, 0.3) is 0 Å². The van der Waals surface area contributed by atoms with Crippen LogP contribution in [-0.2, 0) is 0 Å². The number of hydrogen-bond acceptors (Lipinski definition) is 5. The Morgan fingerprint density at radius 3 is 2.79 bits per heavy atom. The molecule has 0 fully saturated rings. The first-order valence-corrected chi connectivity index (χ1v) is 7.36. The van der Waals surface area contributed by atoms with E-state index in [1.807, 2.05) is 10.2 Å². The molecule has 2 heterocycles. The molecule has 2 aromatic rings. The van der Waals surface area contributed by atoms with E-state index in [0.717, 1.165) is 23.7 Å². The number of hydrogen-bond donors (Lipinski definition) is 1. The molecule has 0 aliphatic carbocycles. The van der Waals surface area contributed by atoms with E-state index in [9.17, 15) is 0 Å². The zero-order chi connectivity index (χ0) is 13.8. The molecule has 6 heteroatoms. The van der Waals surface area contributed by atoms with Gasteiger partial charge in [-0.05, 0) is 20.4 Å². The molecular formula is C13H20N4OS. The van der Waals surface area contributed by atoms with Crippen molar-refractivity contribution < 1.29 is 4.74 Å². The SMILES string of the molecule is CCNC(c1cscn1)c1c(OC)cnn1C(C)C. The summed E-state index contributed by atoms with van der Waals surface area (Å²) in [5.74, 6) is 0.799. The molecule has 19 heavy (non-hydrogen) atoms. The van der Waals surface area contributed by atoms with Gasteiger partial charge in [0.05, 0.1) is 30.6 Å². The van der Waals surface area contributed by atoms with Gasteiger partial charge in [-0.3, -0.25) is 4.68 Å². The van der Waals surface area contributed by atoms with Crippen molar-refractivity contribution in [2.24, 2.45) is 0 Å². The molecule has 1 N–H and O–H groups in total. The average Bonchev–Trinajstić information content (AvgIpc) is 3.04. The Hall–Kier alpha value is -1.40. The smallest absolute Gasteiger partial charge is 0.162 e. The Balaban J connectivity index is 2.49. The molecule has 2 rings (SSSR count). The van der Waals surface area contributed by atoms with Crippen LogP contribution in [0.2, 0.25) is 0 Å². The Bertz CT molecular complexity index is 507. The topological polar surface area (TPSA) is 52.0 Å². The largest absolute Gasteiger partial charge is 0.493 e. The molecule has 0 bridgehead atoms. The number of nitrogens with one attached hydrogen (secondary N) is 1. The molecule has 0 radical (unpaired) electrons. The second-order valence-corrected chi connectivity index (χ2v) is 5.26. The number of thiazole rings is 1. The zero-order valence-corrected chi connectivity index (χ0v) is 12.6. The summed E-state index contributed by atoms with van der Waals surface area (Å²) in [6.07, 6.45) is 1.77. The fourth-order valence-corrected chi connectivity index (χ4v) is 2.69. The number of methoxy groups -OCH3 is 1. The second kappa shape index (κ2) is 6.16. The van der Waals surface area contributed by atoms with Crippen molar-refractivity contribution in [3.63, 3.8) is 0 Å². The van der Waals surface area contributed by atoms with Gasteiger partial charge in [-0.25, -0.2) is 4.98 Å². The van der Waals surface area contributed by atoms with E-state index in [0.29, 0.717) is 0 Å². The number of ether oxygens (including phenoxy) is 1. The minimum Gasteiger partial charge on any atom is -0.493 e. The molecule has 0 saturated carbocycles. The van der Waals surface area contributed by atoms with Crippen LogP contribution in [-0.4, -0.2) is 28.4 Å². The van der Waals surface area contributed by atoms with E-state index in [2.05, 4.69) is 41.6 Å². The van der Waals surface area contributed by atoms with Crippen LogP contribution < -0.4 is 10.1 Å². The summed E-state index contributed by atoms with van der Waals surface area (Å²) in [4.78, 5) is 4.43. The van der Waals surface area contributed by atoms with Gasteiger partial charge in [0, 0.05) is 11.4 Å². The minimum atomic E-state index is 0.0103. The third-order valence-electron chi connectivity index (χ3n) is 2.94. The summed E-state index contributed by atoms with van der Waals surface area (Å²) in [7, 11) is 1.68. The third kappa shape index (κ3) is 2.79. The van der Waals surface area contributed by atoms with Crippen molar-refractivity contribution in [2.45, 2.75) is 32.9 Å². The first-order valence-electron chi connectivity index (χ1n) is 6.41. The summed E-state index contributed by atoms with van der Waals surface area (Å²) >= 11 is 1.60. The zero-order valence-electron chi connectivity index (χ0n) is 11.8. The van der Waals surface area contributed by atoms with Gasteiger partial charge in [0.25, 0.3) is 0 Å². The quantitative estimate of drug-likeness (QED) is 0.883. The van der Waals surface area contributed by atoms with Crippen molar-refractivity contribution >= 4 is 11.3 Å². The summed E-state index contributed by atoms with van der Waals surface area (Å²) < 4.78 is 7.45. The molecule has 104 valence electrons. The molecule has 0 aliphatic heterocycles. The summed E-state index contributed by atoms with van der Waals surface area (Å²) in [5, 5.41) is 9.95. The lowest BCUT2D eigenvalue weighted by molar-refractivity contribution is 0.393. The fraction of sp³-hybridized carbons (Fsp3) is 0.538. The van der Waals surface area contributed by atoms with Gasteiger partial charge < -0.3 is 10.1 Å². The average molecular weight is 280 g/mol. The molecule has 0 saturated heterocycles. The third-order valence-corrected chi connectivity index (χ3v) is 3.54. The standard InChI is InChI=1S/C13H20N4OS/c1-5-14-12(10-7-19-8-15-10)13-11(18-4)6-16-17(13)9(2)3/h6-9,12,14H,5H2,1-4H3. The molecule has 0 aliphatic rings. The maximum Gasteiger partial charge on any atom is 0.162 e. The van der Waals surface area contributed by atoms with Gasteiger partial charge in [0.2, 0.25) is 0 Å². The maximum absolute atomic E-state index is 5.45. The number of nitrogens with zero attached hydrogens (tertiary/aromatic N) is 3. The Morgan fingerprint density at radius 2 is 2.26 bits per heavy atom. The molecule has 0 spiro atoms. The highest BCUT2D eigenvalue weighted by molar-refractivity contribution is 7.07. The van der Waals surface area contributed by atoms with Crippen LogP contribution in [0.15, 0.2) is 17.1 Å². The van der Waals surface area contributed by atoms with Crippen LogP contribution in [0.1, 0.15) is 44.2 Å². The second-order valence-electron chi connectivity index (χ2n) is 4.54. The number of aromatic nitrogens is 3. The highest BCUT2D eigenvalue weighted by atomic mass is 32.1. The van der Waals surface area contributed by atoms with Gasteiger partial charge in [0.1, 0.15) is 5.69 Å². The van der Waals surface area contributed by atoms with Crippen molar-refractivity contribution in [1.29, 1.82) is 0 Å². The van der Waals surface area contributed by atoms with Gasteiger partial charge in [-0.1, -0.05) is 6.92 Å². The normalized spacial score (nSPS) is 12.9. The van der Waals surface area contributed by atoms with Crippen molar-refractivity contribution in [2.75, 3.05) is 13.7 Å². The molecular weight excluding hydrogens is 260 g/mol. The Kier molecular flexibility index (Phi) is 4.55. The lowest BCUT2D eigenvalue weighted by Crippen LogP contribution is -2.26. The molecule has 5 nitrogen and oxygen atoms in total. The lowest BCUT2D eigenvalue weighted by Gasteiger charge is -2.20. The first kappa shape index (κ1) is 14.0. The first-order chi connectivity index (χ1) is 9.19. The van der Waals surface area contributed by atoms with Crippen molar-refractivity contribution in [3.05, 3.63) is 28.5 Å². The van der Waals surface area contributed by atoms with E-state index in [-0.39, 0.29) is 12.1 Å². The summed E-state index contributed by atoms with van der Waals surface area (Å²) in [6, 6.07) is 0.287. The number of rotatable bonds is 6. The molecule has 1 atom stereocenters. The highest BCUT2D eigenvalue weighted by Gasteiger charge is 2.25. The minimum absolute atomic E-state index is 0.0103. The molecule has 0 amide bonds. The Labute approximate surface area is 117 Å². The van der Waals surface area contributed by atoms with Crippen molar-refractivity contribution in [1.82, 2.24) is 20.1 Å². The van der Waals surface area contributed by atoms with Crippen LogP contribution in [0.5, 0.6) is 5.75 Å². The van der Waals surface area contributed by atoms with Gasteiger partial charge in [-0.15, -0.1) is 11.3 Å². The molecule has 2 aromatic heterocycles. The van der Waals surface area contributed by atoms with E-state index in [1.165, 1.54) is 0 Å². The van der Waals surface area contributed by atoms with Gasteiger partial charge in [0.15, 0.2) is 5.75 Å². The van der Waals surface area contributed by atoms with E-state index in [4.69, 9.17) is 4.74 Å². The summed E-state index contributed by atoms with van der Waals surface area (Å²) in [6.45, 7) is 7.16. The Morgan fingerprint density at radius 1 is 1.47 bits per heavy atom. The molecule has 1 unspecified atom stereocenters. The van der Waals surface area contributed by atoms with Crippen LogP contribution in [0, 0.1) is 0 Å². The highest BCUT2D eigenvalue weighted by Crippen LogP contribution is 2.31. The monoisotopic (exact) mass is 280 g/mol. The fourth-order valence-electron chi connectivity index (χ4n) is 2.11. The van der Waals surface area contributed by atoms with E-state index < -0.39 is 0 Å². The predicted molar refractivity (Wildman–Crippen MR) is 76.8 cm³/mol. The van der Waals surface area contributed by atoms with Gasteiger partial charge in [-0.2, -0.15) is 5.10 Å². The molecule has 0 aromatic carbocycles. The van der Waals surface area contributed by atoms with Crippen molar-refractivity contribution in [3.8, 4) is 5.75 Å². The maximum atomic E-state index is 5.45. The van der Waals surface area contributed by atoms with E-state index >= 15 is 0 Å². The van der Waals surface area contributed by atoms with Gasteiger partial charge >= 0.3 is 0 Å². The lowest BCUT2D eigenvalue weighted by atomic mass is 10.1.